The standard InChI is InChI=1S/C25H25N3O3S/c26-15-20-1-3-21(4-2-20)22-5-7-23(8-6-22)30-14-11-19-9-12-28(13-10-19)25(29)31-17-24-16-27-18-32-24/h1-8,16,18-19H,9-14,17H2. The number of benzene rings is 2. The highest BCUT2D eigenvalue weighted by Crippen LogP contribution is 2.25. The summed E-state index contributed by atoms with van der Waals surface area (Å²) in [7, 11) is 0. The molecule has 1 aromatic heterocycles. The van der Waals surface area contributed by atoms with Crippen LogP contribution in [0.3, 0.4) is 0 Å². The van der Waals surface area contributed by atoms with Crippen molar-refractivity contribution in [3.63, 3.8) is 0 Å². The molecule has 32 heavy (non-hydrogen) atoms. The van der Waals surface area contributed by atoms with Crippen molar-refractivity contribution in [2.24, 2.45) is 5.92 Å². The molecule has 0 radical (unpaired) electrons. The first kappa shape index (κ1) is 21.8. The average molecular weight is 448 g/mol. The third-order valence-electron chi connectivity index (χ3n) is 5.69. The minimum atomic E-state index is -0.240. The molecule has 6 nitrogen and oxygen atoms in total. The van der Waals surface area contributed by atoms with E-state index < -0.39 is 0 Å². The van der Waals surface area contributed by atoms with Gasteiger partial charge in [-0.2, -0.15) is 5.26 Å². The molecule has 0 saturated carbocycles. The Balaban J connectivity index is 1.16. The van der Waals surface area contributed by atoms with E-state index in [4.69, 9.17) is 14.7 Å². The van der Waals surface area contributed by atoms with Crippen LogP contribution in [-0.2, 0) is 11.3 Å². The van der Waals surface area contributed by atoms with Gasteiger partial charge in [-0.3, -0.25) is 4.98 Å². The lowest BCUT2D eigenvalue weighted by molar-refractivity contribution is 0.0807. The van der Waals surface area contributed by atoms with Gasteiger partial charge in [0.2, 0.25) is 0 Å². The smallest absolute Gasteiger partial charge is 0.410 e. The van der Waals surface area contributed by atoms with Gasteiger partial charge in [-0.1, -0.05) is 24.3 Å². The van der Waals surface area contributed by atoms with Crippen molar-refractivity contribution in [2.75, 3.05) is 19.7 Å². The number of likely N-dealkylation sites (tertiary alicyclic amines) is 1. The normalized spacial score (nSPS) is 14.0. The number of piperidine rings is 1. The first-order chi connectivity index (χ1) is 15.7. The summed E-state index contributed by atoms with van der Waals surface area (Å²) in [5.74, 6) is 1.41. The van der Waals surface area contributed by atoms with E-state index in [1.807, 2.05) is 48.5 Å². The zero-order chi connectivity index (χ0) is 22.2. The van der Waals surface area contributed by atoms with Crippen molar-refractivity contribution in [3.05, 3.63) is 70.7 Å². The quantitative estimate of drug-likeness (QED) is 0.478. The number of thiazole rings is 1. The molecule has 1 aliphatic rings. The SMILES string of the molecule is N#Cc1ccc(-c2ccc(OCCC3CCN(C(=O)OCc4cncs4)CC3)cc2)cc1. The van der Waals surface area contributed by atoms with Crippen LogP contribution in [0.15, 0.2) is 60.2 Å². The van der Waals surface area contributed by atoms with Crippen LogP contribution in [0.1, 0.15) is 29.7 Å². The van der Waals surface area contributed by atoms with Gasteiger partial charge in [0.1, 0.15) is 12.4 Å². The highest BCUT2D eigenvalue weighted by molar-refractivity contribution is 7.09. The molecule has 4 rings (SSSR count). The zero-order valence-corrected chi connectivity index (χ0v) is 18.6. The number of carbonyl (C=O) groups excluding carboxylic acids is 1. The van der Waals surface area contributed by atoms with E-state index in [-0.39, 0.29) is 6.09 Å². The largest absolute Gasteiger partial charge is 0.494 e. The summed E-state index contributed by atoms with van der Waals surface area (Å²) >= 11 is 1.49. The van der Waals surface area contributed by atoms with Crippen molar-refractivity contribution in [3.8, 4) is 22.9 Å². The Morgan fingerprint density at radius 3 is 2.41 bits per heavy atom. The van der Waals surface area contributed by atoms with Gasteiger partial charge in [-0.05, 0) is 60.6 Å². The molecule has 1 saturated heterocycles. The molecule has 0 aliphatic carbocycles. The van der Waals surface area contributed by atoms with Gasteiger partial charge in [0.05, 0.1) is 28.6 Å². The van der Waals surface area contributed by atoms with Crippen molar-refractivity contribution in [1.29, 1.82) is 5.26 Å². The molecule has 1 amide bonds. The van der Waals surface area contributed by atoms with E-state index in [0.29, 0.717) is 24.7 Å². The summed E-state index contributed by atoms with van der Waals surface area (Å²) in [5, 5.41) is 8.91. The Morgan fingerprint density at radius 1 is 1.09 bits per heavy atom. The topological polar surface area (TPSA) is 75.5 Å². The Morgan fingerprint density at radius 2 is 1.78 bits per heavy atom. The molecule has 1 aliphatic heterocycles. The molecule has 2 heterocycles. The van der Waals surface area contributed by atoms with E-state index >= 15 is 0 Å². The van der Waals surface area contributed by atoms with Crippen molar-refractivity contribution < 1.29 is 14.3 Å². The van der Waals surface area contributed by atoms with Gasteiger partial charge in [-0.25, -0.2) is 4.79 Å². The number of aromatic nitrogens is 1. The minimum Gasteiger partial charge on any atom is -0.494 e. The number of ether oxygens (including phenoxy) is 2. The van der Waals surface area contributed by atoms with Crippen molar-refractivity contribution >= 4 is 17.4 Å². The highest BCUT2D eigenvalue weighted by Gasteiger charge is 2.23. The molecule has 2 aromatic carbocycles. The summed E-state index contributed by atoms with van der Waals surface area (Å²) in [5.41, 5.74) is 4.57. The van der Waals surface area contributed by atoms with Gasteiger partial charge in [0, 0.05) is 19.3 Å². The molecule has 3 aromatic rings. The lowest BCUT2D eigenvalue weighted by Crippen LogP contribution is -2.39. The first-order valence-electron chi connectivity index (χ1n) is 10.7. The van der Waals surface area contributed by atoms with Crippen LogP contribution in [0.4, 0.5) is 4.79 Å². The van der Waals surface area contributed by atoms with Gasteiger partial charge in [0.25, 0.3) is 0 Å². The Bertz CT molecular complexity index is 1040. The lowest BCUT2D eigenvalue weighted by atomic mass is 9.94. The predicted octanol–water partition coefficient (Wildman–Crippen LogP) is 5.50. The summed E-state index contributed by atoms with van der Waals surface area (Å²) in [4.78, 5) is 18.9. The van der Waals surface area contributed by atoms with E-state index in [1.54, 1.807) is 16.6 Å². The predicted molar refractivity (Wildman–Crippen MR) is 123 cm³/mol. The molecule has 164 valence electrons. The number of nitriles is 1. The number of nitrogens with zero attached hydrogens (tertiary/aromatic N) is 3. The monoisotopic (exact) mass is 447 g/mol. The Hall–Kier alpha value is -3.37. The lowest BCUT2D eigenvalue weighted by Gasteiger charge is -2.31. The second-order valence-corrected chi connectivity index (χ2v) is 8.77. The van der Waals surface area contributed by atoms with Crippen molar-refractivity contribution in [2.45, 2.75) is 25.9 Å². The van der Waals surface area contributed by atoms with Crippen LogP contribution in [0.2, 0.25) is 0 Å². The maximum atomic E-state index is 12.2. The maximum Gasteiger partial charge on any atom is 0.410 e. The second-order valence-electron chi connectivity index (χ2n) is 7.80. The van der Waals surface area contributed by atoms with Gasteiger partial charge >= 0.3 is 6.09 Å². The van der Waals surface area contributed by atoms with E-state index in [2.05, 4.69) is 11.1 Å². The fourth-order valence-electron chi connectivity index (χ4n) is 3.77. The zero-order valence-electron chi connectivity index (χ0n) is 17.8. The van der Waals surface area contributed by atoms with Crippen LogP contribution in [0, 0.1) is 17.2 Å². The van der Waals surface area contributed by atoms with E-state index in [9.17, 15) is 4.79 Å². The maximum absolute atomic E-state index is 12.2. The molecule has 7 heteroatoms. The molecule has 0 unspecified atom stereocenters. The van der Waals surface area contributed by atoms with Gasteiger partial charge in [-0.15, -0.1) is 11.3 Å². The molecular weight excluding hydrogens is 422 g/mol. The molecule has 0 spiro atoms. The summed E-state index contributed by atoms with van der Waals surface area (Å²) in [6.07, 6.45) is 4.40. The van der Waals surface area contributed by atoms with Crippen LogP contribution in [-0.4, -0.2) is 35.7 Å². The number of hydrogen-bond donors (Lipinski definition) is 0. The highest BCUT2D eigenvalue weighted by atomic mass is 32.1. The van der Waals surface area contributed by atoms with Crippen LogP contribution < -0.4 is 4.74 Å². The van der Waals surface area contributed by atoms with Gasteiger partial charge < -0.3 is 14.4 Å². The van der Waals surface area contributed by atoms with Gasteiger partial charge in [0.15, 0.2) is 0 Å². The minimum absolute atomic E-state index is 0.240. The molecule has 0 N–H and O–H groups in total. The fraction of sp³-hybridized carbons (Fsp3) is 0.320. The summed E-state index contributed by atoms with van der Waals surface area (Å²) < 4.78 is 11.3. The van der Waals surface area contributed by atoms with Crippen molar-refractivity contribution in [1.82, 2.24) is 9.88 Å². The third kappa shape index (κ3) is 5.86. The number of rotatable bonds is 7. The van der Waals surface area contributed by atoms with E-state index in [0.717, 1.165) is 54.1 Å². The van der Waals surface area contributed by atoms with Crippen LogP contribution in [0.25, 0.3) is 11.1 Å². The van der Waals surface area contributed by atoms with Crippen LogP contribution >= 0.6 is 11.3 Å². The van der Waals surface area contributed by atoms with E-state index in [1.165, 1.54) is 11.3 Å². The number of amides is 1. The fourth-order valence-corrected chi connectivity index (χ4v) is 4.27. The number of hydrogen-bond acceptors (Lipinski definition) is 6. The van der Waals surface area contributed by atoms with Crippen LogP contribution in [0.5, 0.6) is 5.75 Å². The molecular formula is C25H25N3O3S. The molecule has 1 fully saturated rings. The Labute approximate surface area is 192 Å². The second kappa shape index (κ2) is 10.8. The summed E-state index contributed by atoms with van der Waals surface area (Å²) in [6, 6.07) is 17.7. The number of carbonyl (C=O) groups is 1. The first-order valence-corrected chi connectivity index (χ1v) is 11.6. The Kier molecular flexibility index (Phi) is 7.36. The molecule has 0 bridgehead atoms. The summed E-state index contributed by atoms with van der Waals surface area (Å²) in [6.45, 7) is 2.41. The molecule has 0 atom stereocenters. The third-order valence-corrected chi connectivity index (χ3v) is 6.44. The average Bonchev–Trinajstić information content (AvgIpc) is 3.37.